The van der Waals surface area contributed by atoms with Crippen molar-refractivity contribution in [3.63, 3.8) is 0 Å². The molecule has 0 spiro atoms. The zero-order chi connectivity index (χ0) is 24.2. The monoisotopic (exact) mass is 477 g/mol. The van der Waals surface area contributed by atoms with E-state index in [1.807, 2.05) is 61.5 Å². The molecule has 0 unspecified atom stereocenters. The Morgan fingerprint density at radius 1 is 1.06 bits per heavy atom. The van der Waals surface area contributed by atoms with Gasteiger partial charge in [-0.3, -0.25) is 14.4 Å². The minimum Gasteiger partial charge on any atom is -0.355 e. The van der Waals surface area contributed by atoms with E-state index < -0.39 is 6.04 Å². The summed E-state index contributed by atoms with van der Waals surface area (Å²) in [5.41, 5.74) is 2.37. The topological polar surface area (TPSA) is 69.7 Å². The molecular weight excluding hydrogens is 450 g/mol. The van der Waals surface area contributed by atoms with Crippen LogP contribution >= 0.6 is 11.6 Å². The predicted molar refractivity (Wildman–Crippen MR) is 135 cm³/mol. The summed E-state index contributed by atoms with van der Waals surface area (Å²) in [7, 11) is 0. The Bertz CT molecular complexity index is 1240. The minimum atomic E-state index is -0.643. The number of rotatable bonds is 9. The maximum absolute atomic E-state index is 13.3. The van der Waals surface area contributed by atoms with E-state index in [0.717, 1.165) is 22.0 Å². The number of carbonyl (C=O) groups is 3. The molecule has 0 fully saturated rings. The van der Waals surface area contributed by atoms with Crippen molar-refractivity contribution < 1.29 is 14.4 Å². The molecule has 0 aromatic heterocycles. The fourth-order valence-electron chi connectivity index (χ4n) is 4.45. The van der Waals surface area contributed by atoms with Crippen molar-refractivity contribution in [2.75, 3.05) is 18.0 Å². The first-order chi connectivity index (χ1) is 16.4. The van der Waals surface area contributed by atoms with Crippen LogP contribution in [0.25, 0.3) is 10.8 Å². The second-order valence-corrected chi connectivity index (χ2v) is 8.83. The van der Waals surface area contributed by atoms with Crippen LogP contribution in [0.5, 0.6) is 0 Å². The molecule has 0 bridgehead atoms. The van der Waals surface area contributed by atoms with Crippen LogP contribution in [0.2, 0.25) is 5.02 Å². The Morgan fingerprint density at radius 3 is 2.53 bits per heavy atom. The van der Waals surface area contributed by atoms with Gasteiger partial charge in [0.2, 0.25) is 11.8 Å². The summed E-state index contributed by atoms with van der Waals surface area (Å²) in [4.78, 5) is 42.1. The number of anilines is 1. The molecule has 0 radical (unpaired) electrons. The molecule has 1 aliphatic rings. The Labute approximate surface area is 204 Å². The van der Waals surface area contributed by atoms with Gasteiger partial charge < -0.3 is 15.1 Å². The van der Waals surface area contributed by atoms with E-state index in [-0.39, 0.29) is 30.7 Å². The van der Waals surface area contributed by atoms with Gasteiger partial charge in [0, 0.05) is 42.0 Å². The number of nitrogens with zero attached hydrogens (tertiary/aromatic N) is 2. The van der Waals surface area contributed by atoms with Gasteiger partial charge in [-0.25, -0.2) is 0 Å². The van der Waals surface area contributed by atoms with Gasteiger partial charge in [0.05, 0.1) is 5.69 Å². The Kier molecular flexibility index (Phi) is 7.17. The van der Waals surface area contributed by atoms with Gasteiger partial charge in [-0.15, -0.1) is 0 Å². The first-order valence-electron chi connectivity index (χ1n) is 11.6. The van der Waals surface area contributed by atoms with Crippen molar-refractivity contribution >= 4 is 45.8 Å². The van der Waals surface area contributed by atoms with Gasteiger partial charge >= 0.3 is 0 Å². The van der Waals surface area contributed by atoms with Crippen molar-refractivity contribution in [2.45, 2.75) is 39.3 Å². The number of amides is 3. The molecule has 0 saturated heterocycles. The van der Waals surface area contributed by atoms with Crippen LogP contribution in [0.1, 0.15) is 42.6 Å². The standard InChI is InChI=1S/C27H28ClN3O3/c1-3-29-26(33)18(2)31(17-20-9-4-5-13-22(20)28)24(32)15-8-16-30-23-14-7-11-19-10-6-12-21(25(19)23)27(30)34/h4-7,9-14,18H,3,8,15-17H2,1-2H3,(H,29,33)/t18-/m1/s1. The van der Waals surface area contributed by atoms with E-state index in [1.165, 1.54) is 0 Å². The molecule has 0 aliphatic carbocycles. The summed E-state index contributed by atoms with van der Waals surface area (Å²) in [5, 5.41) is 5.34. The Morgan fingerprint density at radius 2 is 1.79 bits per heavy atom. The first-order valence-corrected chi connectivity index (χ1v) is 11.9. The zero-order valence-corrected chi connectivity index (χ0v) is 20.1. The van der Waals surface area contributed by atoms with Crippen LogP contribution in [-0.4, -0.2) is 41.8 Å². The molecule has 3 amide bonds. The van der Waals surface area contributed by atoms with E-state index in [0.29, 0.717) is 30.1 Å². The fourth-order valence-corrected chi connectivity index (χ4v) is 4.64. The van der Waals surface area contributed by atoms with Crippen molar-refractivity contribution in [1.29, 1.82) is 0 Å². The molecule has 7 heteroatoms. The third-order valence-corrected chi connectivity index (χ3v) is 6.61. The Hall–Kier alpha value is -3.38. The zero-order valence-electron chi connectivity index (χ0n) is 19.4. The van der Waals surface area contributed by atoms with Gasteiger partial charge in [0.25, 0.3) is 5.91 Å². The highest BCUT2D eigenvalue weighted by Gasteiger charge is 2.30. The molecule has 34 heavy (non-hydrogen) atoms. The summed E-state index contributed by atoms with van der Waals surface area (Å²) < 4.78 is 0. The third-order valence-electron chi connectivity index (χ3n) is 6.24. The molecule has 1 heterocycles. The number of halogens is 1. The normalized spacial score (nSPS) is 13.3. The third kappa shape index (κ3) is 4.64. The van der Waals surface area contributed by atoms with E-state index in [2.05, 4.69) is 5.32 Å². The fraction of sp³-hybridized carbons (Fsp3) is 0.296. The largest absolute Gasteiger partial charge is 0.355 e. The molecule has 176 valence electrons. The van der Waals surface area contributed by atoms with Crippen molar-refractivity contribution in [3.05, 3.63) is 76.8 Å². The summed E-state index contributed by atoms with van der Waals surface area (Å²) in [6.45, 7) is 4.72. The van der Waals surface area contributed by atoms with Crippen molar-refractivity contribution in [1.82, 2.24) is 10.2 Å². The molecule has 4 rings (SSSR count). The van der Waals surface area contributed by atoms with E-state index in [1.54, 1.807) is 22.8 Å². The summed E-state index contributed by atoms with van der Waals surface area (Å²) in [6.07, 6.45) is 0.695. The number of hydrogen-bond acceptors (Lipinski definition) is 3. The van der Waals surface area contributed by atoms with E-state index >= 15 is 0 Å². The second-order valence-electron chi connectivity index (χ2n) is 8.42. The molecule has 6 nitrogen and oxygen atoms in total. The number of nitrogens with one attached hydrogen (secondary N) is 1. The van der Waals surface area contributed by atoms with Crippen LogP contribution in [0, 0.1) is 0 Å². The molecule has 1 N–H and O–H groups in total. The predicted octanol–water partition coefficient (Wildman–Crippen LogP) is 4.79. The molecule has 3 aromatic carbocycles. The lowest BCUT2D eigenvalue weighted by atomic mass is 10.1. The number of hydrogen-bond donors (Lipinski definition) is 1. The quantitative estimate of drug-likeness (QED) is 0.482. The molecule has 3 aromatic rings. The maximum Gasteiger partial charge on any atom is 0.258 e. The summed E-state index contributed by atoms with van der Waals surface area (Å²) in [6, 6.07) is 18.3. The van der Waals surface area contributed by atoms with Gasteiger partial charge in [-0.1, -0.05) is 54.1 Å². The van der Waals surface area contributed by atoms with E-state index in [9.17, 15) is 14.4 Å². The highest BCUT2D eigenvalue weighted by atomic mass is 35.5. The van der Waals surface area contributed by atoms with Crippen LogP contribution in [-0.2, 0) is 16.1 Å². The van der Waals surface area contributed by atoms with Crippen LogP contribution < -0.4 is 10.2 Å². The molecule has 1 atom stereocenters. The van der Waals surface area contributed by atoms with Crippen LogP contribution in [0.3, 0.4) is 0 Å². The molecular formula is C27H28ClN3O3. The lowest BCUT2D eigenvalue weighted by Crippen LogP contribution is -2.47. The average molecular weight is 478 g/mol. The van der Waals surface area contributed by atoms with Crippen molar-refractivity contribution in [2.24, 2.45) is 0 Å². The van der Waals surface area contributed by atoms with Gasteiger partial charge in [-0.2, -0.15) is 0 Å². The highest BCUT2D eigenvalue weighted by molar-refractivity contribution is 6.31. The highest BCUT2D eigenvalue weighted by Crippen LogP contribution is 2.37. The summed E-state index contributed by atoms with van der Waals surface area (Å²) >= 11 is 6.32. The van der Waals surface area contributed by atoms with Gasteiger partial charge in [0.1, 0.15) is 6.04 Å². The van der Waals surface area contributed by atoms with Gasteiger partial charge in [0.15, 0.2) is 0 Å². The number of likely N-dealkylation sites (N-methyl/N-ethyl adjacent to an activating group) is 1. The minimum absolute atomic E-state index is 0.0390. The maximum atomic E-state index is 13.3. The van der Waals surface area contributed by atoms with Gasteiger partial charge in [-0.05, 0) is 49.4 Å². The molecule has 1 aliphatic heterocycles. The SMILES string of the molecule is CCNC(=O)[C@@H](C)N(Cc1ccccc1Cl)C(=O)CCCN1C(=O)c2cccc3cccc1c23. The molecule has 0 saturated carbocycles. The second kappa shape index (κ2) is 10.3. The van der Waals surface area contributed by atoms with E-state index in [4.69, 9.17) is 11.6 Å². The lowest BCUT2D eigenvalue weighted by Gasteiger charge is -2.29. The van der Waals surface area contributed by atoms with Crippen molar-refractivity contribution in [3.8, 4) is 0 Å². The van der Waals surface area contributed by atoms with Crippen LogP contribution in [0.4, 0.5) is 5.69 Å². The first kappa shape index (κ1) is 23.8. The average Bonchev–Trinajstić information content (AvgIpc) is 3.11. The number of benzene rings is 3. The Balaban J connectivity index is 1.47. The lowest BCUT2D eigenvalue weighted by molar-refractivity contribution is -0.140. The smallest absolute Gasteiger partial charge is 0.258 e. The summed E-state index contributed by atoms with van der Waals surface area (Å²) in [5.74, 6) is -0.399. The van der Waals surface area contributed by atoms with Crippen LogP contribution in [0.15, 0.2) is 60.7 Å². The number of carbonyl (C=O) groups excluding carboxylic acids is 3.